The number of cyclic esters (lactones) is 1. The van der Waals surface area contributed by atoms with Gasteiger partial charge in [0.15, 0.2) is 0 Å². The van der Waals surface area contributed by atoms with E-state index >= 15 is 0 Å². The van der Waals surface area contributed by atoms with Gasteiger partial charge in [0.2, 0.25) is 0 Å². The van der Waals surface area contributed by atoms with E-state index in [9.17, 15) is 19.5 Å². The topological polar surface area (TPSA) is 146 Å². The summed E-state index contributed by atoms with van der Waals surface area (Å²) in [5, 5.41) is 16.3. The van der Waals surface area contributed by atoms with Crippen LogP contribution in [0.2, 0.25) is 5.02 Å². The van der Waals surface area contributed by atoms with Gasteiger partial charge in [0.05, 0.1) is 18.8 Å². The Balaban J connectivity index is 1.47. The first kappa shape index (κ1) is 28.3. The summed E-state index contributed by atoms with van der Waals surface area (Å²) in [6.07, 6.45) is 3.12. The molecule has 2 aliphatic rings. The molecule has 1 saturated heterocycles. The van der Waals surface area contributed by atoms with Crippen molar-refractivity contribution in [3.63, 3.8) is 0 Å². The molecule has 216 valence electrons. The number of halogens is 1. The third-order valence-electron chi connectivity index (χ3n) is 7.49. The van der Waals surface area contributed by atoms with Crippen LogP contribution in [-0.2, 0) is 14.3 Å². The highest BCUT2D eigenvalue weighted by Crippen LogP contribution is 2.38. The van der Waals surface area contributed by atoms with Gasteiger partial charge in [-0.15, -0.1) is 0 Å². The number of nitrogens with zero attached hydrogens (tertiary/aromatic N) is 2. The van der Waals surface area contributed by atoms with Gasteiger partial charge in [-0.1, -0.05) is 36.6 Å². The molecule has 3 heterocycles. The van der Waals surface area contributed by atoms with E-state index in [2.05, 4.69) is 15.6 Å². The molecule has 3 aromatic rings. The van der Waals surface area contributed by atoms with Crippen LogP contribution in [-0.4, -0.2) is 57.8 Å². The fourth-order valence-electron chi connectivity index (χ4n) is 5.51. The molecule has 0 saturated carbocycles. The van der Waals surface area contributed by atoms with E-state index in [0.717, 1.165) is 11.1 Å². The summed E-state index contributed by atoms with van der Waals surface area (Å²) in [6.45, 7) is 2.32. The first-order chi connectivity index (χ1) is 19.7. The normalized spacial score (nSPS) is 20.9. The van der Waals surface area contributed by atoms with Crippen molar-refractivity contribution in [3.8, 4) is 11.3 Å². The monoisotopic (exact) mass is 581 g/mol. The molecule has 3 atom stereocenters. The van der Waals surface area contributed by atoms with Crippen LogP contribution in [0.25, 0.3) is 11.3 Å². The quantitative estimate of drug-likeness (QED) is 0.281. The smallest absolute Gasteiger partial charge is 0.411 e. The maximum absolute atomic E-state index is 13.3. The maximum Gasteiger partial charge on any atom is 0.411 e. The Hall–Kier alpha value is -4.25. The lowest BCUT2D eigenvalue weighted by atomic mass is 9.99. The van der Waals surface area contributed by atoms with E-state index in [1.165, 1.54) is 7.11 Å². The fourth-order valence-corrected chi connectivity index (χ4v) is 5.71. The summed E-state index contributed by atoms with van der Waals surface area (Å²) in [7, 11) is 1.27. The van der Waals surface area contributed by atoms with Crippen molar-refractivity contribution in [2.45, 2.75) is 57.2 Å². The summed E-state index contributed by atoms with van der Waals surface area (Å²) in [6, 6.07) is 9.52. The summed E-state index contributed by atoms with van der Waals surface area (Å²) in [5.74, 6) is -0.362. The lowest BCUT2D eigenvalue weighted by molar-refractivity contribution is -0.138. The van der Waals surface area contributed by atoms with E-state index in [1.807, 2.05) is 25.1 Å². The minimum absolute atomic E-state index is 0.370. The van der Waals surface area contributed by atoms with Gasteiger partial charge in [-0.25, -0.2) is 19.4 Å². The molecular formula is C29H32ClN5O6. The Morgan fingerprint density at radius 1 is 1.20 bits per heavy atom. The van der Waals surface area contributed by atoms with Crippen molar-refractivity contribution in [1.29, 1.82) is 0 Å². The van der Waals surface area contributed by atoms with Crippen molar-refractivity contribution in [2.75, 3.05) is 24.3 Å². The number of anilines is 2. The number of methoxy groups -OCH3 is 1. The van der Waals surface area contributed by atoms with Crippen molar-refractivity contribution < 1.29 is 29.0 Å². The number of H-pyrrole nitrogens is 1. The third kappa shape index (κ3) is 6.25. The van der Waals surface area contributed by atoms with E-state index in [1.54, 1.807) is 29.3 Å². The van der Waals surface area contributed by atoms with Crippen LogP contribution in [0.1, 0.15) is 61.2 Å². The van der Waals surface area contributed by atoms with Gasteiger partial charge in [0.25, 0.3) is 0 Å². The predicted molar refractivity (Wildman–Crippen MR) is 153 cm³/mol. The molecule has 12 heteroatoms. The summed E-state index contributed by atoms with van der Waals surface area (Å²) in [4.78, 5) is 47.2. The lowest BCUT2D eigenvalue weighted by Gasteiger charge is -2.36. The number of rotatable bonds is 4. The van der Waals surface area contributed by atoms with Crippen LogP contribution in [0.15, 0.2) is 42.6 Å². The van der Waals surface area contributed by atoms with Crippen LogP contribution in [0.3, 0.4) is 0 Å². The second-order valence-corrected chi connectivity index (χ2v) is 10.7. The number of imidazole rings is 1. The van der Waals surface area contributed by atoms with Crippen molar-refractivity contribution >= 4 is 41.1 Å². The molecule has 0 radical (unpaired) electrons. The first-order valence-corrected chi connectivity index (χ1v) is 13.9. The zero-order valence-corrected chi connectivity index (χ0v) is 23.5. The Labute approximate surface area is 242 Å². The number of benzene rings is 2. The highest BCUT2D eigenvalue weighted by atomic mass is 35.5. The molecule has 2 amide bonds. The fraction of sp³-hybridized carbons (Fsp3) is 0.379. The number of aliphatic carboxylic acids is 1. The standard InChI is InChI=1S/C29H32ClN5O6/c1-16-12-19(32-28(38)40-2)14-21-25(16)22-15-31-26(34-22)23(9-4-3-8-20(33-21)27(36)37)35-11-10-24(41-29(35)39)17-6-5-7-18(30)13-17/h5-7,12-15,20,23-24,33H,3-4,8-11H2,1-2H3,(H,31,34)(H,32,38)(H,36,37)/t20-,23+,24?/m1/s1. The van der Waals surface area contributed by atoms with Crippen LogP contribution in [0.5, 0.6) is 0 Å². The SMILES string of the molecule is COC(=O)Nc1cc(C)c2c(c1)N[C@@H](C(=O)O)CCCC[C@H](N1CCC(c3cccc(Cl)c3)OC1=O)c1nc-2c[nH]1. The van der Waals surface area contributed by atoms with Gasteiger partial charge in [-0.05, 0) is 55.2 Å². The maximum atomic E-state index is 13.3. The molecule has 0 aliphatic carbocycles. The minimum atomic E-state index is -0.983. The number of ether oxygens (including phenoxy) is 2. The molecule has 5 rings (SSSR count). The number of amides is 2. The zero-order valence-electron chi connectivity index (χ0n) is 22.8. The number of carbonyl (C=O) groups is 3. The van der Waals surface area contributed by atoms with Gasteiger partial charge in [-0.2, -0.15) is 0 Å². The predicted octanol–water partition coefficient (Wildman–Crippen LogP) is 6.28. The number of aromatic amines is 1. The molecule has 2 bridgehead atoms. The summed E-state index contributed by atoms with van der Waals surface area (Å²) in [5.41, 5.74) is 3.86. The van der Waals surface area contributed by atoms with Gasteiger partial charge < -0.3 is 24.9 Å². The number of aryl methyl sites for hydroxylation is 1. The molecule has 0 spiro atoms. The number of nitrogens with one attached hydrogen (secondary N) is 3. The number of carboxylic acids is 1. The lowest BCUT2D eigenvalue weighted by Crippen LogP contribution is -2.42. The molecular weight excluding hydrogens is 550 g/mol. The molecule has 4 N–H and O–H groups in total. The van der Waals surface area contributed by atoms with E-state index in [4.69, 9.17) is 26.1 Å². The molecule has 1 unspecified atom stereocenters. The average Bonchev–Trinajstić information content (AvgIpc) is 3.41. The number of carbonyl (C=O) groups excluding carboxylic acids is 2. The van der Waals surface area contributed by atoms with Crippen LogP contribution >= 0.6 is 11.6 Å². The van der Waals surface area contributed by atoms with E-state index < -0.39 is 24.2 Å². The van der Waals surface area contributed by atoms with E-state index in [0.29, 0.717) is 72.1 Å². The molecule has 2 aliphatic heterocycles. The van der Waals surface area contributed by atoms with Crippen molar-refractivity contribution in [2.24, 2.45) is 0 Å². The summed E-state index contributed by atoms with van der Waals surface area (Å²) >= 11 is 6.15. The highest BCUT2D eigenvalue weighted by molar-refractivity contribution is 6.30. The number of fused-ring (bicyclic) bond motifs is 4. The molecule has 1 aromatic heterocycles. The van der Waals surface area contributed by atoms with Gasteiger partial charge in [0.1, 0.15) is 18.0 Å². The molecule has 1 fully saturated rings. The Morgan fingerprint density at radius 2 is 2.00 bits per heavy atom. The number of aromatic nitrogens is 2. The Kier molecular flexibility index (Phi) is 8.34. The zero-order chi connectivity index (χ0) is 29.1. The minimum Gasteiger partial charge on any atom is -0.480 e. The van der Waals surface area contributed by atoms with Crippen LogP contribution in [0.4, 0.5) is 21.0 Å². The van der Waals surface area contributed by atoms with Crippen molar-refractivity contribution in [1.82, 2.24) is 14.9 Å². The second kappa shape index (κ2) is 12.1. The number of hydrogen-bond donors (Lipinski definition) is 4. The number of hydrogen-bond acceptors (Lipinski definition) is 7. The van der Waals surface area contributed by atoms with Gasteiger partial charge in [-0.3, -0.25) is 10.2 Å². The van der Waals surface area contributed by atoms with Crippen molar-refractivity contribution in [3.05, 3.63) is 64.6 Å². The Morgan fingerprint density at radius 3 is 2.73 bits per heavy atom. The third-order valence-corrected chi connectivity index (χ3v) is 7.73. The highest BCUT2D eigenvalue weighted by Gasteiger charge is 2.35. The van der Waals surface area contributed by atoms with Crippen LogP contribution in [0, 0.1) is 6.92 Å². The van der Waals surface area contributed by atoms with E-state index in [-0.39, 0.29) is 12.1 Å². The molecule has 2 aromatic carbocycles. The largest absolute Gasteiger partial charge is 0.480 e. The Bertz CT molecular complexity index is 1460. The number of carboxylic acid groups (broad SMARTS) is 1. The van der Waals surface area contributed by atoms with Crippen LogP contribution < -0.4 is 10.6 Å². The summed E-state index contributed by atoms with van der Waals surface area (Å²) < 4.78 is 10.6. The average molecular weight is 582 g/mol. The second-order valence-electron chi connectivity index (χ2n) is 10.2. The first-order valence-electron chi connectivity index (χ1n) is 13.5. The van der Waals surface area contributed by atoms with Gasteiger partial charge >= 0.3 is 18.2 Å². The van der Waals surface area contributed by atoms with Gasteiger partial charge in [0, 0.05) is 41.1 Å². The molecule has 41 heavy (non-hydrogen) atoms. The molecule has 11 nitrogen and oxygen atoms in total.